The van der Waals surface area contributed by atoms with Crippen LogP contribution in [0.2, 0.25) is 20.1 Å². The van der Waals surface area contributed by atoms with E-state index < -0.39 is 16.8 Å². The molecule has 0 saturated carbocycles. The zero-order valence-corrected chi connectivity index (χ0v) is 12.6. The van der Waals surface area contributed by atoms with E-state index in [1.54, 1.807) is 0 Å². The zero-order valence-electron chi connectivity index (χ0n) is 9.53. The van der Waals surface area contributed by atoms with E-state index in [-0.39, 0.29) is 26.2 Å². The second kappa shape index (κ2) is 5.64. The summed E-state index contributed by atoms with van der Waals surface area (Å²) in [6.45, 7) is 0. The Morgan fingerprint density at radius 2 is 1.35 bits per heavy atom. The molecular formula is C13H5Cl4F3. The van der Waals surface area contributed by atoms with Crippen LogP contribution in [-0.4, -0.2) is 0 Å². The Balaban J connectivity index is 2.69. The molecule has 0 aliphatic heterocycles. The summed E-state index contributed by atoms with van der Waals surface area (Å²) in [7, 11) is 0. The molecule has 7 heteroatoms. The van der Waals surface area contributed by atoms with E-state index in [0.29, 0.717) is 0 Å². The molecule has 0 bridgehead atoms. The molecule has 0 aliphatic carbocycles. The first kappa shape index (κ1) is 15.8. The molecule has 0 N–H and O–H groups in total. The Morgan fingerprint density at radius 3 is 1.95 bits per heavy atom. The summed E-state index contributed by atoms with van der Waals surface area (Å²) in [6, 6.07) is 6.33. The van der Waals surface area contributed by atoms with Gasteiger partial charge in [-0.25, -0.2) is 0 Å². The molecular weight excluding hydrogens is 355 g/mol. The molecule has 0 aliphatic rings. The van der Waals surface area contributed by atoms with Gasteiger partial charge in [0.15, 0.2) is 0 Å². The predicted molar refractivity (Wildman–Crippen MR) is 76.9 cm³/mol. The molecule has 0 nitrogen and oxygen atoms in total. The minimum atomic E-state index is -4.55. The van der Waals surface area contributed by atoms with Crippen molar-refractivity contribution in [3.63, 3.8) is 0 Å². The van der Waals surface area contributed by atoms with E-state index in [4.69, 9.17) is 46.4 Å². The molecule has 0 fully saturated rings. The number of benzene rings is 2. The number of hydrogen-bond donors (Lipinski definition) is 0. The monoisotopic (exact) mass is 358 g/mol. The first-order valence-corrected chi connectivity index (χ1v) is 6.73. The second-order valence-electron chi connectivity index (χ2n) is 3.91. The van der Waals surface area contributed by atoms with Gasteiger partial charge in [-0.2, -0.15) is 13.2 Å². The Labute approximate surface area is 133 Å². The summed E-state index contributed by atoms with van der Waals surface area (Å²) in [5.41, 5.74) is -0.499. The highest BCUT2D eigenvalue weighted by Crippen LogP contribution is 2.43. The van der Waals surface area contributed by atoms with Gasteiger partial charge in [0.05, 0.1) is 25.7 Å². The van der Waals surface area contributed by atoms with Crippen LogP contribution in [0, 0.1) is 0 Å². The average molecular weight is 360 g/mol. The predicted octanol–water partition coefficient (Wildman–Crippen LogP) is 6.99. The molecule has 20 heavy (non-hydrogen) atoms. The summed E-state index contributed by atoms with van der Waals surface area (Å²) in [4.78, 5) is 0. The van der Waals surface area contributed by atoms with Crippen molar-refractivity contribution in [1.29, 1.82) is 0 Å². The molecule has 2 aromatic rings. The Morgan fingerprint density at radius 1 is 0.750 bits per heavy atom. The van der Waals surface area contributed by atoms with Crippen molar-refractivity contribution in [3.8, 4) is 11.1 Å². The molecule has 2 aromatic carbocycles. The van der Waals surface area contributed by atoms with Crippen LogP contribution >= 0.6 is 46.4 Å². The van der Waals surface area contributed by atoms with Gasteiger partial charge < -0.3 is 0 Å². The van der Waals surface area contributed by atoms with E-state index in [1.807, 2.05) is 0 Å². The van der Waals surface area contributed by atoms with E-state index in [0.717, 1.165) is 6.07 Å². The molecule has 106 valence electrons. The van der Waals surface area contributed by atoms with Crippen molar-refractivity contribution in [2.75, 3.05) is 0 Å². The number of hydrogen-bond acceptors (Lipinski definition) is 0. The quantitative estimate of drug-likeness (QED) is 0.481. The number of rotatable bonds is 1. The van der Waals surface area contributed by atoms with Crippen LogP contribution in [-0.2, 0) is 6.18 Å². The van der Waals surface area contributed by atoms with Gasteiger partial charge in [-0.1, -0.05) is 58.5 Å². The van der Waals surface area contributed by atoms with Gasteiger partial charge in [-0.05, 0) is 18.2 Å². The fraction of sp³-hybridized carbons (Fsp3) is 0.0769. The van der Waals surface area contributed by atoms with E-state index >= 15 is 0 Å². The summed E-state index contributed by atoms with van der Waals surface area (Å²) in [5, 5.41) is 0.129. The summed E-state index contributed by atoms with van der Waals surface area (Å²) < 4.78 is 38.5. The molecule has 0 amide bonds. The zero-order chi connectivity index (χ0) is 15.1. The van der Waals surface area contributed by atoms with Gasteiger partial charge in [0.2, 0.25) is 0 Å². The lowest BCUT2D eigenvalue weighted by Crippen LogP contribution is -2.06. The Hall–Kier alpha value is -0.610. The highest BCUT2D eigenvalue weighted by Gasteiger charge is 2.34. The third-order valence-electron chi connectivity index (χ3n) is 2.60. The van der Waals surface area contributed by atoms with Crippen LogP contribution in [0.3, 0.4) is 0 Å². The van der Waals surface area contributed by atoms with Crippen LogP contribution in [0.5, 0.6) is 0 Å². The second-order valence-corrected chi connectivity index (χ2v) is 5.51. The van der Waals surface area contributed by atoms with Crippen molar-refractivity contribution in [2.45, 2.75) is 6.18 Å². The van der Waals surface area contributed by atoms with Crippen LogP contribution in [0.25, 0.3) is 11.1 Å². The van der Waals surface area contributed by atoms with Gasteiger partial charge in [0.25, 0.3) is 0 Å². The first-order chi connectivity index (χ1) is 9.21. The van der Waals surface area contributed by atoms with Gasteiger partial charge >= 0.3 is 6.18 Å². The molecule has 0 aromatic heterocycles. The largest absolute Gasteiger partial charge is 0.417 e. The lowest BCUT2D eigenvalue weighted by Gasteiger charge is -2.14. The average Bonchev–Trinajstić information content (AvgIpc) is 2.33. The summed E-state index contributed by atoms with van der Waals surface area (Å²) >= 11 is 23.5. The van der Waals surface area contributed by atoms with Crippen LogP contribution < -0.4 is 0 Å². The van der Waals surface area contributed by atoms with Gasteiger partial charge in [-0.15, -0.1) is 0 Å². The molecule has 0 saturated heterocycles. The molecule has 2 rings (SSSR count). The molecule has 0 atom stereocenters. The van der Waals surface area contributed by atoms with Crippen molar-refractivity contribution in [1.82, 2.24) is 0 Å². The van der Waals surface area contributed by atoms with E-state index in [9.17, 15) is 13.2 Å². The SMILES string of the molecule is FC(F)(F)c1cccc(-c2cc(Cl)c(Cl)cc2Cl)c1Cl. The third-order valence-corrected chi connectivity index (χ3v) is 4.05. The minimum Gasteiger partial charge on any atom is -0.166 e. The van der Waals surface area contributed by atoms with Gasteiger partial charge in [-0.3, -0.25) is 0 Å². The van der Waals surface area contributed by atoms with Gasteiger partial charge in [0, 0.05) is 11.1 Å². The van der Waals surface area contributed by atoms with Crippen LogP contribution in [0.15, 0.2) is 30.3 Å². The van der Waals surface area contributed by atoms with Crippen LogP contribution in [0.1, 0.15) is 5.56 Å². The number of alkyl halides is 3. The first-order valence-electron chi connectivity index (χ1n) is 5.22. The van der Waals surface area contributed by atoms with Crippen LogP contribution in [0.4, 0.5) is 13.2 Å². The van der Waals surface area contributed by atoms with Crippen molar-refractivity contribution < 1.29 is 13.2 Å². The minimum absolute atomic E-state index is 0.144. The fourth-order valence-corrected chi connectivity index (χ4v) is 2.67. The summed E-state index contributed by atoms with van der Waals surface area (Å²) in [6.07, 6.45) is -4.55. The maximum atomic E-state index is 12.8. The standard InChI is InChI=1S/C13H5Cl4F3/c14-9-5-11(16)10(15)4-7(9)6-2-1-3-8(12(6)17)13(18,19)20/h1-5H. The van der Waals surface area contributed by atoms with Crippen molar-refractivity contribution >= 4 is 46.4 Å². The highest BCUT2D eigenvalue weighted by atomic mass is 35.5. The molecule has 0 spiro atoms. The summed E-state index contributed by atoms with van der Waals surface area (Å²) in [5.74, 6) is 0. The maximum Gasteiger partial charge on any atom is 0.417 e. The highest BCUT2D eigenvalue weighted by molar-refractivity contribution is 6.44. The lowest BCUT2D eigenvalue weighted by atomic mass is 10.0. The Kier molecular flexibility index (Phi) is 4.45. The number of halogens is 7. The van der Waals surface area contributed by atoms with Crippen molar-refractivity contribution in [2.24, 2.45) is 0 Å². The topological polar surface area (TPSA) is 0 Å². The molecule has 0 heterocycles. The van der Waals surface area contributed by atoms with E-state index in [2.05, 4.69) is 0 Å². The van der Waals surface area contributed by atoms with E-state index in [1.165, 1.54) is 24.3 Å². The van der Waals surface area contributed by atoms with Crippen molar-refractivity contribution in [3.05, 3.63) is 56.0 Å². The fourth-order valence-electron chi connectivity index (χ4n) is 1.69. The molecule has 0 unspecified atom stereocenters. The maximum absolute atomic E-state index is 12.8. The molecule has 0 radical (unpaired) electrons. The van der Waals surface area contributed by atoms with Gasteiger partial charge in [0.1, 0.15) is 0 Å². The third kappa shape index (κ3) is 3.01. The smallest absolute Gasteiger partial charge is 0.166 e. The lowest BCUT2D eigenvalue weighted by molar-refractivity contribution is -0.137. The Bertz CT molecular complexity index is 665. The normalized spacial score (nSPS) is 11.8.